The molecule has 0 unspecified atom stereocenters. The molecule has 0 bridgehead atoms. The van der Waals surface area contributed by atoms with Crippen LogP contribution in [0, 0.1) is 6.92 Å². The van der Waals surface area contributed by atoms with Gasteiger partial charge in [0.1, 0.15) is 5.69 Å². The largest absolute Gasteiger partial charge is 0.433 e. The van der Waals surface area contributed by atoms with Crippen LogP contribution in [-0.2, 0) is 6.18 Å². The minimum Gasteiger partial charge on any atom is -0.414 e. The van der Waals surface area contributed by atoms with Crippen molar-refractivity contribution in [2.75, 3.05) is 0 Å². The lowest BCUT2D eigenvalue weighted by Gasteiger charge is -2.08. The highest BCUT2D eigenvalue weighted by atomic mass is 32.1. The van der Waals surface area contributed by atoms with Crippen LogP contribution in [0.15, 0.2) is 34.1 Å². The fourth-order valence-electron chi connectivity index (χ4n) is 2.23. The summed E-state index contributed by atoms with van der Waals surface area (Å²) in [6.07, 6.45) is -4.55. The normalized spacial score (nSPS) is 12.2. The molecule has 0 saturated heterocycles. The summed E-state index contributed by atoms with van der Waals surface area (Å²) in [5.41, 5.74) is -0.470. The lowest BCUT2D eigenvalue weighted by atomic mass is 10.3. The Morgan fingerprint density at radius 3 is 2.67 bits per heavy atom. The van der Waals surface area contributed by atoms with E-state index in [4.69, 9.17) is 4.42 Å². The van der Waals surface area contributed by atoms with Gasteiger partial charge in [0, 0.05) is 11.8 Å². The predicted octanol–water partition coefficient (Wildman–Crippen LogP) is 3.84. The molecule has 0 aromatic carbocycles. The summed E-state index contributed by atoms with van der Waals surface area (Å²) < 4.78 is 45.7. The van der Waals surface area contributed by atoms with Crippen molar-refractivity contribution in [3.63, 3.8) is 0 Å². The van der Waals surface area contributed by atoms with Crippen LogP contribution in [0.25, 0.3) is 28.0 Å². The number of fused-ring (bicyclic) bond motifs is 1. The fraction of sp³-hybridized carbons (Fsp3) is 0.143. The zero-order valence-electron chi connectivity index (χ0n) is 12.1. The second kappa shape index (κ2) is 5.13. The van der Waals surface area contributed by atoms with E-state index in [2.05, 4.69) is 20.3 Å². The molecule has 4 aromatic heterocycles. The van der Waals surface area contributed by atoms with Crippen LogP contribution in [0.3, 0.4) is 0 Å². The molecule has 24 heavy (non-hydrogen) atoms. The number of nitrogens with zero attached hydrogens (tertiary/aromatic N) is 5. The van der Waals surface area contributed by atoms with Crippen molar-refractivity contribution in [3.8, 4) is 22.4 Å². The predicted molar refractivity (Wildman–Crippen MR) is 79.3 cm³/mol. The average Bonchev–Trinajstić information content (AvgIpc) is 3.24. The van der Waals surface area contributed by atoms with Crippen molar-refractivity contribution in [1.82, 2.24) is 24.8 Å². The molecule has 0 amide bonds. The van der Waals surface area contributed by atoms with Gasteiger partial charge in [-0.1, -0.05) is 6.07 Å². The third-order valence-electron chi connectivity index (χ3n) is 3.22. The summed E-state index contributed by atoms with van der Waals surface area (Å²) >= 11 is 1.41. The Morgan fingerprint density at radius 1 is 1.17 bits per heavy atom. The number of rotatable bonds is 2. The van der Waals surface area contributed by atoms with Crippen LogP contribution >= 0.6 is 11.3 Å². The van der Waals surface area contributed by atoms with E-state index in [0.717, 1.165) is 15.5 Å². The molecule has 0 aliphatic carbocycles. The minimum atomic E-state index is -4.55. The maximum absolute atomic E-state index is 13.2. The standard InChI is InChI=1S/C14H8F3N5OS/c1-7-5-10(14(15,16)17)22-11(18-7)6-8(21-22)12-19-20-13(23-12)9-3-2-4-24-9/h2-6H,1H3. The molecule has 0 atom stereocenters. The summed E-state index contributed by atoms with van der Waals surface area (Å²) in [4.78, 5) is 4.83. The van der Waals surface area contributed by atoms with E-state index in [1.54, 1.807) is 6.07 Å². The molecule has 0 saturated carbocycles. The zero-order chi connectivity index (χ0) is 16.9. The Hall–Kier alpha value is -2.75. The highest BCUT2D eigenvalue weighted by Crippen LogP contribution is 2.31. The second-order valence-electron chi connectivity index (χ2n) is 4.97. The van der Waals surface area contributed by atoms with Gasteiger partial charge in [-0.2, -0.15) is 18.3 Å². The van der Waals surface area contributed by atoms with Gasteiger partial charge in [-0.15, -0.1) is 21.5 Å². The fourth-order valence-corrected chi connectivity index (χ4v) is 2.88. The molecule has 0 fully saturated rings. The molecule has 10 heteroatoms. The van der Waals surface area contributed by atoms with Gasteiger partial charge in [-0.25, -0.2) is 9.50 Å². The van der Waals surface area contributed by atoms with Gasteiger partial charge in [0.05, 0.1) is 4.88 Å². The van der Waals surface area contributed by atoms with E-state index in [1.165, 1.54) is 24.3 Å². The van der Waals surface area contributed by atoms with Crippen molar-refractivity contribution in [2.45, 2.75) is 13.1 Å². The molecule has 0 radical (unpaired) electrons. The Kier molecular flexibility index (Phi) is 3.17. The topological polar surface area (TPSA) is 69.1 Å². The van der Waals surface area contributed by atoms with Crippen molar-refractivity contribution < 1.29 is 17.6 Å². The molecule has 0 spiro atoms. The number of halogens is 3. The van der Waals surface area contributed by atoms with Gasteiger partial charge in [0.2, 0.25) is 0 Å². The highest BCUT2D eigenvalue weighted by molar-refractivity contribution is 7.13. The van der Waals surface area contributed by atoms with Gasteiger partial charge in [0.15, 0.2) is 11.3 Å². The van der Waals surface area contributed by atoms with E-state index in [9.17, 15) is 13.2 Å². The third kappa shape index (κ3) is 2.44. The highest BCUT2D eigenvalue weighted by Gasteiger charge is 2.35. The molecule has 0 aliphatic heterocycles. The summed E-state index contributed by atoms with van der Waals surface area (Å²) in [5, 5.41) is 13.5. The number of aromatic nitrogens is 5. The van der Waals surface area contributed by atoms with Crippen molar-refractivity contribution in [2.24, 2.45) is 0 Å². The molecule has 122 valence electrons. The first kappa shape index (κ1) is 14.8. The van der Waals surface area contributed by atoms with Crippen molar-refractivity contribution in [1.29, 1.82) is 0 Å². The van der Waals surface area contributed by atoms with E-state index in [-0.39, 0.29) is 28.8 Å². The first-order chi connectivity index (χ1) is 11.4. The Balaban J connectivity index is 1.84. The summed E-state index contributed by atoms with van der Waals surface area (Å²) in [6, 6.07) is 5.96. The first-order valence-electron chi connectivity index (χ1n) is 6.74. The second-order valence-corrected chi connectivity index (χ2v) is 5.92. The van der Waals surface area contributed by atoms with E-state index < -0.39 is 11.9 Å². The van der Waals surface area contributed by atoms with Crippen molar-refractivity contribution in [3.05, 3.63) is 41.0 Å². The van der Waals surface area contributed by atoms with Gasteiger partial charge < -0.3 is 4.42 Å². The number of hydrogen-bond acceptors (Lipinski definition) is 6. The quantitative estimate of drug-likeness (QED) is 0.549. The summed E-state index contributed by atoms with van der Waals surface area (Å²) in [6.45, 7) is 1.49. The van der Waals surface area contributed by atoms with Crippen LogP contribution < -0.4 is 0 Å². The molecular weight excluding hydrogens is 343 g/mol. The Morgan fingerprint density at radius 2 is 1.96 bits per heavy atom. The van der Waals surface area contributed by atoms with Gasteiger partial charge in [-0.05, 0) is 24.4 Å². The van der Waals surface area contributed by atoms with Crippen LogP contribution in [0.4, 0.5) is 13.2 Å². The number of aryl methyl sites for hydroxylation is 1. The van der Waals surface area contributed by atoms with Crippen LogP contribution in [0.1, 0.15) is 11.4 Å². The maximum Gasteiger partial charge on any atom is 0.433 e. The summed E-state index contributed by atoms with van der Waals surface area (Å²) in [7, 11) is 0. The summed E-state index contributed by atoms with van der Waals surface area (Å²) in [5.74, 6) is 0.326. The molecule has 4 rings (SSSR count). The van der Waals surface area contributed by atoms with Crippen LogP contribution in [0.2, 0.25) is 0 Å². The first-order valence-corrected chi connectivity index (χ1v) is 7.62. The monoisotopic (exact) mass is 351 g/mol. The van der Waals surface area contributed by atoms with Crippen molar-refractivity contribution >= 4 is 17.0 Å². The number of thiophene rings is 1. The molecule has 0 aliphatic rings. The van der Waals surface area contributed by atoms with Crippen LogP contribution in [0.5, 0.6) is 0 Å². The molecule has 4 heterocycles. The SMILES string of the molecule is Cc1cc(C(F)(F)F)n2nc(-c3nnc(-c4cccs4)o3)cc2n1. The lowest BCUT2D eigenvalue weighted by molar-refractivity contribution is -0.142. The lowest BCUT2D eigenvalue weighted by Crippen LogP contribution is -2.13. The van der Waals surface area contributed by atoms with E-state index in [1.807, 2.05) is 11.4 Å². The molecular formula is C14H8F3N5OS. The van der Waals surface area contributed by atoms with Crippen LogP contribution in [-0.4, -0.2) is 24.8 Å². The molecule has 6 nitrogen and oxygen atoms in total. The smallest absolute Gasteiger partial charge is 0.414 e. The number of hydrogen-bond donors (Lipinski definition) is 0. The molecule has 4 aromatic rings. The van der Waals surface area contributed by atoms with E-state index in [0.29, 0.717) is 0 Å². The Labute approximate surface area is 136 Å². The molecule has 0 N–H and O–H groups in total. The maximum atomic E-state index is 13.2. The average molecular weight is 351 g/mol. The zero-order valence-corrected chi connectivity index (χ0v) is 12.9. The van der Waals surface area contributed by atoms with Gasteiger partial charge in [-0.3, -0.25) is 0 Å². The van der Waals surface area contributed by atoms with E-state index >= 15 is 0 Å². The third-order valence-corrected chi connectivity index (χ3v) is 4.08. The number of alkyl halides is 3. The van der Waals surface area contributed by atoms with Gasteiger partial charge in [0.25, 0.3) is 11.8 Å². The van der Waals surface area contributed by atoms with Gasteiger partial charge >= 0.3 is 6.18 Å². The minimum absolute atomic E-state index is 0.0367. The Bertz CT molecular complexity index is 1020.